The number of fused-ring (bicyclic) bond motifs is 8. The van der Waals surface area contributed by atoms with Gasteiger partial charge in [-0.05, 0) is 33.4 Å². The van der Waals surface area contributed by atoms with Crippen LogP contribution < -0.4 is 21.0 Å². The molecule has 0 bridgehead atoms. The van der Waals surface area contributed by atoms with E-state index in [0.29, 0.717) is 0 Å². The number of benzene rings is 4. The van der Waals surface area contributed by atoms with Gasteiger partial charge in [0, 0.05) is 15.8 Å². The molecule has 0 saturated carbocycles. The molecule has 4 aromatic rings. The van der Waals surface area contributed by atoms with Crippen molar-refractivity contribution in [2.45, 2.75) is 6.42 Å². The molecule has 1 heterocycles. The first kappa shape index (κ1) is 13.1. The maximum Gasteiger partial charge on any atom is 0.0798 e. The van der Waals surface area contributed by atoms with Crippen LogP contribution in [0, 0.1) is 0 Å². The molecule has 0 aromatic heterocycles. The minimum absolute atomic E-state index is 0.950. The Morgan fingerprint density at radius 1 is 0.640 bits per heavy atom. The predicted octanol–water partition coefficient (Wildman–Crippen LogP) is 2.77. The van der Waals surface area contributed by atoms with Crippen LogP contribution in [0.4, 0.5) is 0 Å². The van der Waals surface area contributed by atoms with Crippen molar-refractivity contribution in [1.82, 2.24) is 0 Å². The molecule has 1 heteroatoms. The molecule has 2 aliphatic rings. The average Bonchev–Trinajstić information content (AvgIpc) is 3.09. The molecule has 0 amide bonds. The molecular formula is C24H15N. The van der Waals surface area contributed by atoms with E-state index >= 15 is 0 Å². The van der Waals surface area contributed by atoms with Crippen molar-refractivity contribution in [3.05, 3.63) is 93.8 Å². The summed E-state index contributed by atoms with van der Waals surface area (Å²) in [5.74, 6) is 0. The highest BCUT2D eigenvalue weighted by Crippen LogP contribution is 2.26. The molecule has 0 unspecified atom stereocenters. The monoisotopic (exact) mass is 317 g/mol. The molecule has 1 aliphatic carbocycles. The van der Waals surface area contributed by atoms with Crippen molar-refractivity contribution in [1.29, 1.82) is 0 Å². The van der Waals surface area contributed by atoms with E-state index in [1.807, 2.05) is 0 Å². The van der Waals surface area contributed by atoms with Crippen LogP contribution >= 0.6 is 0 Å². The Labute approximate surface area is 144 Å². The van der Waals surface area contributed by atoms with Gasteiger partial charge in [0.1, 0.15) is 0 Å². The van der Waals surface area contributed by atoms with Gasteiger partial charge in [0.15, 0.2) is 0 Å². The zero-order valence-electron chi connectivity index (χ0n) is 13.7. The molecule has 0 atom stereocenters. The summed E-state index contributed by atoms with van der Waals surface area (Å²) >= 11 is 0. The van der Waals surface area contributed by atoms with E-state index in [-0.39, 0.29) is 0 Å². The van der Waals surface area contributed by atoms with Crippen molar-refractivity contribution in [3.8, 4) is 0 Å². The lowest BCUT2D eigenvalue weighted by atomic mass is 9.94. The highest BCUT2D eigenvalue weighted by molar-refractivity contribution is 6.10. The molecule has 0 fully saturated rings. The smallest absolute Gasteiger partial charge is 0.0798 e. The van der Waals surface area contributed by atoms with Gasteiger partial charge in [0.25, 0.3) is 0 Å². The molecular weight excluding hydrogens is 302 g/mol. The number of hydrogen-bond acceptors (Lipinski definition) is 1. The molecule has 0 N–H and O–H groups in total. The highest BCUT2D eigenvalue weighted by atomic mass is 14.8. The SMILES string of the molecule is C1=c2ccccc2=C2N=c3c(c4ccccc4c4ccccc34)=C2C1. The Balaban J connectivity index is 1.99. The Bertz CT molecular complexity index is 1460. The topological polar surface area (TPSA) is 12.4 Å². The second kappa shape index (κ2) is 4.67. The number of nitrogens with zero attached hydrogens (tertiary/aromatic N) is 1. The fourth-order valence-corrected chi connectivity index (χ4v) is 4.37. The highest BCUT2D eigenvalue weighted by Gasteiger charge is 2.19. The molecule has 116 valence electrons. The maximum atomic E-state index is 5.15. The quantitative estimate of drug-likeness (QED) is 0.442. The van der Waals surface area contributed by atoms with Crippen LogP contribution in [0.2, 0.25) is 0 Å². The normalized spacial score (nSPS) is 14.7. The second-order valence-corrected chi connectivity index (χ2v) is 6.75. The van der Waals surface area contributed by atoms with Gasteiger partial charge in [0.05, 0.1) is 11.1 Å². The van der Waals surface area contributed by atoms with Gasteiger partial charge >= 0.3 is 0 Å². The minimum atomic E-state index is 0.950. The van der Waals surface area contributed by atoms with Crippen molar-refractivity contribution in [2.24, 2.45) is 4.99 Å². The van der Waals surface area contributed by atoms with Crippen LogP contribution in [0.3, 0.4) is 0 Å². The van der Waals surface area contributed by atoms with Gasteiger partial charge in [-0.2, -0.15) is 0 Å². The molecule has 0 spiro atoms. The summed E-state index contributed by atoms with van der Waals surface area (Å²) in [6.45, 7) is 0. The van der Waals surface area contributed by atoms with E-state index in [1.165, 1.54) is 42.8 Å². The van der Waals surface area contributed by atoms with Crippen molar-refractivity contribution in [2.75, 3.05) is 0 Å². The third-order valence-electron chi connectivity index (χ3n) is 5.46. The van der Waals surface area contributed by atoms with E-state index in [2.05, 4.69) is 78.9 Å². The Morgan fingerprint density at radius 2 is 1.28 bits per heavy atom. The minimum Gasteiger partial charge on any atom is -0.247 e. The fourth-order valence-electron chi connectivity index (χ4n) is 4.37. The summed E-state index contributed by atoms with van der Waals surface area (Å²) in [4.78, 5) is 5.15. The summed E-state index contributed by atoms with van der Waals surface area (Å²) in [7, 11) is 0. The summed E-state index contributed by atoms with van der Waals surface area (Å²) in [6, 6.07) is 26.0. The lowest BCUT2D eigenvalue weighted by molar-refractivity contribution is 1.35. The van der Waals surface area contributed by atoms with Crippen LogP contribution in [0.1, 0.15) is 6.42 Å². The third kappa shape index (κ3) is 1.65. The van der Waals surface area contributed by atoms with Gasteiger partial charge in [-0.25, -0.2) is 4.99 Å². The standard InChI is InChI=1S/C24H15N/c1-2-8-16-15(7-1)13-14-21-22-19-11-5-3-9-17(19)18-10-4-6-12-20(18)24(22)25-23(16)21/h1-13H,14H2. The molecule has 1 nitrogen and oxygen atoms in total. The summed E-state index contributed by atoms with van der Waals surface area (Å²) in [6.07, 6.45) is 3.29. The van der Waals surface area contributed by atoms with Crippen LogP contribution in [-0.4, -0.2) is 0 Å². The number of rotatable bonds is 0. The van der Waals surface area contributed by atoms with E-state index in [4.69, 9.17) is 4.99 Å². The maximum absolute atomic E-state index is 5.15. The number of hydrogen-bond donors (Lipinski definition) is 0. The zero-order chi connectivity index (χ0) is 16.4. The largest absolute Gasteiger partial charge is 0.247 e. The summed E-state index contributed by atoms with van der Waals surface area (Å²) in [5, 5.41) is 10.2. The Kier molecular flexibility index (Phi) is 2.46. The van der Waals surface area contributed by atoms with Crippen molar-refractivity contribution < 1.29 is 0 Å². The van der Waals surface area contributed by atoms with Gasteiger partial charge in [-0.15, -0.1) is 0 Å². The van der Waals surface area contributed by atoms with Crippen molar-refractivity contribution in [3.63, 3.8) is 0 Å². The van der Waals surface area contributed by atoms with E-state index in [9.17, 15) is 0 Å². The lowest BCUT2D eigenvalue weighted by Gasteiger charge is -2.08. The first-order valence-corrected chi connectivity index (χ1v) is 8.73. The lowest BCUT2D eigenvalue weighted by Crippen LogP contribution is -2.30. The molecule has 1 aliphatic heterocycles. The molecule has 25 heavy (non-hydrogen) atoms. The van der Waals surface area contributed by atoms with Gasteiger partial charge in [-0.1, -0.05) is 78.9 Å². The summed E-state index contributed by atoms with van der Waals surface area (Å²) < 4.78 is 0. The third-order valence-corrected chi connectivity index (χ3v) is 5.46. The fraction of sp³-hybridized carbons (Fsp3) is 0.0417. The van der Waals surface area contributed by atoms with Crippen LogP contribution in [0.15, 0.2) is 77.8 Å². The van der Waals surface area contributed by atoms with E-state index in [1.54, 1.807) is 0 Å². The van der Waals surface area contributed by atoms with Crippen LogP contribution in [0.25, 0.3) is 38.9 Å². The van der Waals surface area contributed by atoms with Gasteiger partial charge in [-0.3, -0.25) is 0 Å². The summed E-state index contributed by atoms with van der Waals surface area (Å²) in [5.41, 5.74) is 2.53. The van der Waals surface area contributed by atoms with Crippen LogP contribution in [0.5, 0.6) is 0 Å². The molecule has 6 rings (SSSR count). The second-order valence-electron chi connectivity index (χ2n) is 6.75. The Morgan fingerprint density at radius 3 is 2.12 bits per heavy atom. The Hall–Kier alpha value is -3.19. The van der Waals surface area contributed by atoms with E-state index < -0.39 is 0 Å². The average molecular weight is 317 g/mol. The predicted molar refractivity (Wildman–Crippen MR) is 104 cm³/mol. The molecule has 0 radical (unpaired) electrons. The molecule has 0 saturated heterocycles. The van der Waals surface area contributed by atoms with Crippen molar-refractivity contribution >= 4 is 38.9 Å². The first-order chi connectivity index (χ1) is 12.4. The molecule has 4 aromatic carbocycles. The van der Waals surface area contributed by atoms with E-state index in [0.717, 1.165) is 17.5 Å². The van der Waals surface area contributed by atoms with Gasteiger partial charge in [0.2, 0.25) is 0 Å². The zero-order valence-corrected chi connectivity index (χ0v) is 13.7. The van der Waals surface area contributed by atoms with Crippen LogP contribution in [-0.2, 0) is 0 Å². The first-order valence-electron chi connectivity index (χ1n) is 8.73. The van der Waals surface area contributed by atoms with Gasteiger partial charge < -0.3 is 0 Å².